The molecule has 2 aromatic carbocycles. The first-order valence-electron chi connectivity index (χ1n) is 9.17. The second-order valence-corrected chi connectivity index (χ2v) is 9.85. The SMILES string of the molecule is C#CCOc1c(I)cc(C=Nn2c([C@H](C)CC)nc3ccc(Br)cc3c2=O)cc1I. The molecule has 154 valence electrons. The van der Waals surface area contributed by atoms with Gasteiger partial charge in [-0.2, -0.15) is 9.78 Å². The van der Waals surface area contributed by atoms with Gasteiger partial charge in [0.25, 0.3) is 5.56 Å². The minimum Gasteiger partial charge on any atom is -0.479 e. The molecule has 0 aliphatic rings. The number of hydrogen-bond acceptors (Lipinski definition) is 4. The molecule has 1 atom stereocenters. The monoisotopic (exact) mass is 689 g/mol. The summed E-state index contributed by atoms with van der Waals surface area (Å²) in [5.41, 5.74) is 1.34. The Morgan fingerprint density at radius 3 is 2.67 bits per heavy atom. The summed E-state index contributed by atoms with van der Waals surface area (Å²) in [6.07, 6.45) is 7.81. The van der Waals surface area contributed by atoms with E-state index < -0.39 is 0 Å². The van der Waals surface area contributed by atoms with Crippen molar-refractivity contribution in [2.45, 2.75) is 26.2 Å². The van der Waals surface area contributed by atoms with Crippen LogP contribution in [0.1, 0.15) is 37.6 Å². The fourth-order valence-electron chi connectivity index (χ4n) is 2.81. The fraction of sp³-hybridized carbons (Fsp3) is 0.227. The van der Waals surface area contributed by atoms with E-state index in [1.165, 1.54) is 4.68 Å². The zero-order chi connectivity index (χ0) is 21.8. The largest absolute Gasteiger partial charge is 0.479 e. The molecule has 0 fully saturated rings. The summed E-state index contributed by atoms with van der Waals surface area (Å²) in [6.45, 7) is 4.32. The van der Waals surface area contributed by atoms with Crippen molar-refractivity contribution in [1.82, 2.24) is 9.66 Å². The van der Waals surface area contributed by atoms with Crippen LogP contribution in [0.4, 0.5) is 0 Å². The molecule has 0 amide bonds. The van der Waals surface area contributed by atoms with Gasteiger partial charge in [-0.25, -0.2) is 4.98 Å². The highest BCUT2D eigenvalue weighted by atomic mass is 127. The van der Waals surface area contributed by atoms with Gasteiger partial charge in [0.2, 0.25) is 0 Å². The lowest BCUT2D eigenvalue weighted by molar-refractivity contribution is 0.365. The van der Waals surface area contributed by atoms with Gasteiger partial charge in [-0.15, -0.1) is 6.42 Å². The predicted molar refractivity (Wildman–Crippen MR) is 142 cm³/mol. The number of rotatable bonds is 6. The molecule has 3 aromatic rings. The third-order valence-corrected chi connectivity index (χ3v) is 6.63. The molecule has 0 radical (unpaired) electrons. The minimum atomic E-state index is -0.189. The van der Waals surface area contributed by atoms with Gasteiger partial charge >= 0.3 is 0 Å². The van der Waals surface area contributed by atoms with Crippen LogP contribution < -0.4 is 10.3 Å². The normalized spacial score (nSPS) is 12.3. The van der Waals surface area contributed by atoms with Gasteiger partial charge in [0.05, 0.1) is 24.3 Å². The second kappa shape index (κ2) is 10.2. The van der Waals surface area contributed by atoms with Crippen molar-refractivity contribution in [3.8, 4) is 18.1 Å². The van der Waals surface area contributed by atoms with Crippen LogP contribution in [0, 0.1) is 19.5 Å². The van der Waals surface area contributed by atoms with Gasteiger partial charge < -0.3 is 4.74 Å². The summed E-state index contributed by atoms with van der Waals surface area (Å²) in [7, 11) is 0. The molecule has 3 rings (SSSR count). The Bertz CT molecular complexity index is 1210. The molecule has 0 unspecified atom stereocenters. The summed E-state index contributed by atoms with van der Waals surface area (Å²) < 4.78 is 9.69. The first kappa shape index (κ1) is 23.2. The zero-order valence-electron chi connectivity index (χ0n) is 16.3. The number of nitrogens with zero attached hydrogens (tertiary/aromatic N) is 3. The smallest absolute Gasteiger partial charge is 0.282 e. The van der Waals surface area contributed by atoms with Gasteiger partial charge in [0.1, 0.15) is 18.2 Å². The summed E-state index contributed by atoms with van der Waals surface area (Å²) >= 11 is 7.84. The Hall–Kier alpha value is -1.45. The lowest BCUT2D eigenvalue weighted by atomic mass is 10.1. The van der Waals surface area contributed by atoms with Crippen LogP contribution in [0.15, 0.2) is 44.7 Å². The first-order chi connectivity index (χ1) is 14.3. The summed E-state index contributed by atoms with van der Waals surface area (Å²) in [6, 6.07) is 9.39. The Labute approximate surface area is 210 Å². The Morgan fingerprint density at radius 2 is 2.03 bits per heavy atom. The molecule has 0 saturated carbocycles. The molecule has 0 spiro atoms. The van der Waals surface area contributed by atoms with E-state index in [1.807, 2.05) is 31.2 Å². The molecule has 30 heavy (non-hydrogen) atoms. The number of terminal acetylenes is 1. The molecule has 8 heteroatoms. The average molecular weight is 690 g/mol. The average Bonchev–Trinajstić information content (AvgIpc) is 2.72. The molecule has 0 bridgehead atoms. The van der Waals surface area contributed by atoms with E-state index in [-0.39, 0.29) is 18.1 Å². The van der Waals surface area contributed by atoms with Crippen LogP contribution in [0.2, 0.25) is 0 Å². The number of fused-ring (bicyclic) bond motifs is 1. The van der Waals surface area contributed by atoms with Gasteiger partial charge in [-0.3, -0.25) is 4.79 Å². The maximum atomic E-state index is 13.2. The fourth-order valence-corrected chi connectivity index (χ4v) is 5.30. The summed E-state index contributed by atoms with van der Waals surface area (Å²) in [4.78, 5) is 17.9. The predicted octanol–water partition coefficient (Wildman–Crippen LogP) is 5.78. The van der Waals surface area contributed by atoms with Crippen LogP contribution >= 0.6 is 61.1 Å². The highest BCUT2D eigenvalue weighted by Crippen LogP contribution is 2.28. The first-order valence-corrected chi connectivity index (χ1v) is 12.1. The lowest BCUT2D eigenvalue weighted by Gasteiger charge is -2.14. The molecule has 0 saturated heterocycles. The van der Waals surface area contributed by atoms with Gasteiger partial charge in [0, 0.05) is 10.4 Å². The van der Waals surface area contributed by atoms with Gasteiger partial charge in [-0.1, -0.05) is 35.7 Å². The third-order valence-electron chi connectivity index (χ3n) is 4.53. The van der Waals surface area contributed by atoms with Crippen LogP contribution in [0.25, 0.3) is 10.9 Å². The Kier molecular flexibility index (Phi) is 7.92. The second-order valence-electron chi connectivity index (χ2n) is 6.61. The molecule has 0 N–H and O–H groups in total. The van der Waals surface area contributed by atoms with E-state index >= 15 is 0 Å². The highest BCUT2D eigenvalue weighted by molar-refractivity contribution is 14.1. The third kappa shape index (κ3) is 5.06. The van der Waals surface area contributed by atoms with Gasteiger partial charge in [0.15, 0.2) is 0 Å². The van der Waals surface area contributed by atoms with Crippen molar-refractivity contribution in [3.05, 3.63) is 63.7 Å². The standard InChI is InChI=1S/C22H18BrI2N3O2/c1-4-8-30-20-17(24)9-14(10-18(20)25)12-26-28-21(13(3)5-2)27-19-7-6-15(23)11-16(19)22(28)29/h1,6-7,9-13H,5,8H2,2-3H3/t13-/m1/s1. The van der Waals surface area contributed by atoms with Crippen LogP contribution in [0.3, 0.4) is 0 Å². The zero-order valence-corrected chi connectivity index (χ0v) is 22.2. The van der Waals surface area contributed by atoms with Crippen molar-refractivity contribution in [2.24, 2.45) is 5.10 Å². The molecular formula is C22H18BrI2N3O2. The number of hydrogen-bond donors (Lipinski definition) is 0. The van der Waals surface area contributed by atoms with Crippen LogP contribution in [-0.2, 0) is 0 Å². The quantitative estimate of drug-likeness (QED) is 0.188. The van der Waals surface area contributed by atoms with Crippen LogP contribution in [-0.4, -0.2) is 22.5 Å². The molecule has 1 heterocycles. The van der Waals surface area contributed by atoms with E-state index in [2.05, 4.69) is 79.1 Å². The Morgan fingerprint density at radius 1 is 1.33 bits per heavy atom. The van der Waals surface area contributed by atoms with Crippen molar-refractivity contribution >= 4 is 78.2 Å². The number of halogens is 3. The number of benzene rings is 2. The number of ether oxygens (including phenoxy) is 1. The lowest BCUT2D eigenvalue weighted by Crippen LogP contribution is -2.23. The summed E-state index contributed by atoms with van der Waals surface area (Å²) in [5.74, 6) is 3.96. The van der Waals surface area contributed by atoms with Crippen molar-refractivity contribution in [1.29, 1.82) is 0 Å². The maximum Gasteiger partial charge on any atom is 0.282 e. The van der Waals surface area contributed by atoms with Crippen molar-refractivity contribution < 1.29 is 4.74 Å². The topological polar surface area (TPSA) is 56.5 Å². The van der Waals surface area contributed by atoms with E-state index in [9.17, 15) is 4.79 Å². The highest BCUT2D eigenvalue weighted by Gasteiger charge is 2.16. The molecule has 0 aliphatic carbocycles. The number of aromatic nitrogens is 2. The minimum absolute atomic E-state index is 0.0858. The van der Waals surface area contributed by atoms with Crippen molar-refractivity contribution in [3.63, 3.8) is 0 Å². The maximum absolute atomic E-state index is 13.2. The Balaban J connectivity index is 2.10. The molecule has 0 aliphatic heterocycles. The van der Waals surface area contributed by atoms with Crippen LogP contribution in [0.5, 0.6) is 5.75 Å². The van der Waals surface area contributed by atoms with Crippen molar-refractivity contribution in [2.75, 3.05) is 6.61 Å². The molecule has 5 nitrogen and oxygen atoms in total. The van der Waals surface area contributed by atoms with Gasteiger partial charge in [-0.05, 0) is 87.5 Å². The molecule has 1 aromatic heterocycles. The molecular weight excluding hydrogens is 672 g/mol. The van der Waals surface area contributed by atoms with E-state index in [1.54, 1.807) is 12.3 Å². The van der Waals surface area contributed by atoms with E-state index in [0.29, 0.717) is 16.7 Å². The van der Waals surface area contributed by atoms with E-state index in [4.69, 9.17) is 16.1 Å². The van der Waals surface area contributed by atoms with E-state index in [0.717, 1.165) is 29.3 Å². The summed E-state index contributed by atoms with van der Waals surface area (Å²) in [5, 5.41) is 5.04.